The van der Waals surface area contributed by atoms with Gasteiger partial charge in [-0.25, -0.2) is 0 Å². The van der Waals surface area contributed by atoms with Crippen LogP contribution in [0.1, 0.15) is 39.7 Å². The van der Waals surface area contributed by atoms with E-state index in [1.54, 1.807) is 6.92 Å². The third-order valence-electron chi connectivity index (χ3n) is 3.36. The van der Waals surface area contributed by atoms with Crippen LogP contribution >= 0.6 is 0 Å². The van der Waals surface area contributed by atoms with Gasteiger partial charge in [0.25, 0.3) is 0 Å². The van der Waals surface area contributed by atoms with Gasteiger partial charge in [-0.1, -0.05) is 6.92 Å². The number of rotatable bonds is 4. The normalized spacial score (nSPS) is 15.1. The van der Waals surface area contributed by atoms with Crippen molar-refractivity contribution in [2.24, 2.45) is 4.99 Å². The molecule has 1 aliphatic heterocycles. The Bertz CT molecular complexity index is 600. The van der Waals surface area contributed by atoms with Gasteiger partial charge in [-0.2, -0.15) is 0 Å². The van der Waals surface area contributed by atoms with Gasteiger partial charge >= 0.3 is 0 Å². The molecule has 0 saturated carbocycles. The van der Waals surface area contributed by atoms with E-state index in [4.69, 9.17) is 14.9 Å². The second kappa shape index (κ2) is 5.90. The maximum atomic E-state index is 7.85. The highest BCUT2D eigenvalue weighted by atomic mass is 16.7. The van der Waals surface area contributed by atoms with Crippen molar-refractivity contribution in [3.63, 3.8) is 0 Å². The highest BCUT2D eigenvalue weighted by Crippen LogP contribution is 2.32. The summed E-state index contributed by atoms with van der Waals surface area (Å²) in [5.41, 5.74) is 4.24. The van der Waals surface area contributed by atoms with Crippen molar-refractivity contribution < 1.29 is 9.47 Å². The van der Waals surface area contributed by atoms with Gasteiger partial charge in [-0.3, -0.25) is 4.99 Å². The fraction of sp³-hybridized carbons (Fsp3) is 0.375. The van der Waals surface area contributed by atoms with Gasteiger partial charge in [-0.05, 0) is 56.5 Å². The highest BCUT2D eigenvalue weighted by Gasteiger charge is 2.14. The van der Waals surface area contributed by atoms with Gasteiger partial charge in [0, 0.05) is 5.71 Å². The summed E-state index contributed by atoms with van der Waals surface area (Å²) >= 11 is 0. The molecule has 4 nitrogen and oxygen atoms in total. The van der Waals surface area contributed by atoms with Crippen LogP contribution in [0.3, 0.4) is 0 Å². The number of nitrogens with zero attached hydrogens (tertiary/aromatic N) is 1. The SMILES string of the molecule is CC/C(C)=C(/N=C(C)c1ccc2c(c1)OCO2)C(C)=N. The summed E-state index contributed by atoms with van der Waals surface area (Å²) < 4.78 is 10.7. The van der Waals surface area contributed by atoms with Gasteiger partial charge in [0.1, 0.15) is 0 Å². The average Bonchev–Trinajstić information content (AvgIpc) is 2.90. The quantitative estimate of drug-likeness (QED) is 0.844. The Morgan fingerprint density at radius 1 is 1.20 bits per heavy atom. The van der Waals surface area contributed by atoms with E-state index in [1.165, 1.54) is 0 Å². The van der Waals surface area contributed by atoms with Crippen molar-refractivity contribution in [1.82, 2.24) is 0 Å². The van der Waals surface area contributed by atoms with Crippen molar-refractivity contribution in [2.75, 3.05) is 6.79 Å². The number of benzene rings is 1. The van der Waals surface area contributed by atoms with Crippen molar-refractivity contribution in [2.45, 2.75) is 34.1 Å². The van der Waals surface area contributed by atoms with E-state index in [0.29, 0.717) is 5.71 Å². The molecule has 0 aromatic heterocycles. The van der Waals surface area contributed by atoms with Crippen LogP contribution in [0.5, 0.6) is 11.5 Å². The van der Waals surface area contributed by atoms with E-state index >= 15 is 0 Å². The molecule has 0 atom stereocenters. The molecule has 0 unspecified atom stereocenters. The molecule has 0 bridgehead atoms. The lowest BCUT2D eigenvalue weighted by Crippen LogP contribution is -2.02. The predicted molar refractivity (Wildman–Crippen MR) is 81.2 cm³/mol. The molecule has 0 amide bonds. The first-order valence-corrected chi connectivity index (χ1v) is 6.73. The van der Waals surface area contributed by atoms with Gasteiger partial charge in [0.05, 0.1) is 11.4 Å². The van der Waals surface area contributed by atoms with Gasteiger partial charge in [0.15, 0.2) is 11.5 Å². The minimum absolute atomic E-state index is 0.272. The molecule has 0 aliphatic carbocycles. The van der Waals surface area contributed by atoms with Crippen molar-refractivity contribution in [3.05, 3.63) is 35.0 Å². The molecule has 0 spiro atoms. The molecule has 0 saturated heterocycles. The number of aliphatic imine (C=N–C) groups is 1. The van der Waals surface area contributed by atoms with E-state index in [2.05, 4.69) is 11.9 Å². The third kappa shape index (κ3) is 2.90. The first-order chi connectivity index (χ1) is 9.52. The summed E-state index contributed by atoms with van der Waals surface area (Å²) in [5, 5.41) is 7.85. The number of nitrogens with one attached hydrogen (secondary N) is 1. The number of ether oxygens (including phenoxy) is 2. The Hall–Kier alpha value is -2.10. The average molecular weight is 272 g/mol. The molecular formula is C16H20N2O2. The van der Waals surface area contributed by atoms with Crippen LogP contribution in [0.4, 0.5) is 0 Å². The first-order valence-electron chi connectivity index (χ1n) is 6.73. The molecule has 1 N–H and O–H groups in total. The van der Waals surface area contributed by atoms with Crippen LogP contribution in [-0.2, 0) is 0 Å². The molecule has 0 radical (unpaired) electrons. The minimum Gasteiger partial charge on any atom is -0.454 e. The van der Waals surface area contributed by atoms with Gasteiger partial charge in [0.2, 0.25) is 6.79 Å². The van der Waals surface area contributed by atoms with E-state index in [0.717, 1.165) is 40.5 Å². The molecule has 2 rings (SSSR count). The monoisotopic (exact) mass is 272 g/mol. The summed E-state index contributed by atoms with van der Waals surface area (Å²) in [6.45, 7) is 8.08. The van der Waals surface area contributed by atoms with E-state index in [9.17, 15) is 0 Å². The maximum absolute atomic E-state index is 7.85. The zero-order valence-electron chi connectivity index (χ0n) is 12.4. The summed E-state index contributed by atoms with van der Waals surface area (Å²) in [7, 11) is 0. The van der Waals surface area contributed by atoms with E-state index in [1.807, 2.05) is 32.0 Å². The lowest BCUT2D eigenvalue weighted by Gasteiger charge is -2.08. The highest BCUT2D eigenvalue weighted by molar-refractivity contribution is 6.04. The van der Waals surface area contributed by atoms with Gasteiger partial charge < -0.3 is 14.9 Å². The fourth-order valence-electron chi connectivity index (χ4n) is 2.02. The lowest BCUT2D eigenvalue weighted by atomic mass is 10.1. The molecule has 1 heterocycles. The first kappa shape index (κ1) is 14.3. The maximum Gasteiger partial charge on any atom is 0.231 e. The Morgan fingerprint density at radius 3 is 2.55 bits per heavy atom. The van der Waals surface area contributed by atoms with Crippen molar-refractivity contribution in [1.29, 1.82) is 5.41 Å². The molecule has 106 valence electrons. The molecule has 1 aromatic rings. The van der Waals surface area contributed by atoms with Gasteiger partial charge in [-0.15, -0.1) is 0 Å². The second-order valence-corrected chi connectivity index (χ2v) is 4.87. The van der Waals surface area contributed by atoms with Crippen LogP contribution < -0.4 is 9.47 Å². The Labute approximate surface area is 119 Å². The van der Waals surface area contributed by atoms with E-state index < -0.39 is 0 Å². The second-order valence-electron chi connectivity index (χ2n) is 4.87. The Balaban J connectivity index is 2.37. The third-order valence-corrected chi connectivity index (χ3v) is 3.36. The summed E-state index contributed by atoms with van der Waals surface area (Å²) in [6.07, 6.45) is 0.892. The number of allylic oxidation sites excluding steroid dienone is 2. The predicted octanol–water partition coefficient (Wildman–Crippen LogP) is 3.95. The largest absolute Gasteiger partial charge is 0.454 e. The number of fused-ring (bicyclic) bond motifs is 1. The zero-order chi connectivity index (χ0) is 14.7. The zero-order valence-corrected chi connectivity index (χ0v) is 12.4. The van der Waals surface area contributed by atoms with Crippen LogP contribution in [0, 0.1) is 5.41 Å². The number of hydrogen-bond donors (Lipinski definition) is 1. The van der Waals surface area contributed by atoms with E-state index in [-0.39, 0.29) is 6.79 Å². The van der Waals surface area contributed by atoms with Crippen LogP contribution in [0.15, 0.2) is 34.5 Å². The Morgan fingerprint density at radius 2 is 1.90 bits per heavy atom. The molecule has 1 aliphatic rings. The van der Waals surface area contributed by atoms with Crippen molar-refractivity contribution in [3.8, 4) is 11.5 Å². The fourth-order valence-corrected chi connectivity index (χ4v) is 2.02. The topological polar surface area (TPSA) is 54.7 Å². The van der Waals surface area contributed by atoms with Crippen molar-refractivity contribution >= 4 is 11.4 Å². The molecule has 1 aromatic carbocycles. The minimum atomic E-state index is 0.272. The summed E-state index contributed by atoms with van der Waals surface area (Å²) in [5.74, 6) is 1.52. The van der Waals surface area contributed by atoms with Crippen LogP contribution in [0.2, 0.25) is 0 Å². The Kier molecular flexibility index (Phi) is 4.23. The number of hydrogen-bond acceptors (Lipinski definition) is 4. The molecule has 4 heteroatoms. The summed E-state index contributed by atoms with van der Waals surface area (Å²) in [4.78, 5) is 4.62. The lowest BCUT2D eigenvalue weighted by molar-refractivity contribution is 0.174. The van der Waals surface area contributed by atoms with Crippen LogP contribution in [0.25, 0.3) is 0 Å². The summed E-state index contributed by atoms with van der Waals surface area (Å²) in [6, 6.07) is 5.79. The standard InChI is InChI=1S/C16H20N2O2/c1-5-10(2)16(11(3)17)18-12(4)13-6-7-14-15(8-13)20-9-19-14/h6-8,17H,5,9H2,1-4H3/b16-10+,17-11?,18-12?. The smallest absolute Gasteiger partial charge is 0.231 e. The molecule has 0 fully saturated rings. The molecular weight excluding hydrogens is 252 g/mol. The van der Waals surface area contributed by atoms with Crippen LogP contribution in [-0.4, -0.2) is 18.2 Å². The molecule has 20 heavy (non-hydrogen) atoms.